The summed E-state index contributed by atoms with van der Waals surface area (Å²) in [6, 6.07) is 6.48. The minimum Gasteiger partial charge on any atom is -0.491 e. The first-order valence-corrected chi connectivity index (χ1v) is 7.77. The van der Waals surface area contributed by atoms with Crippen LogP contribution in [-0.4, -0.2) is 12.1 Å². The average Bonchev–Trinajstić information content (AvgIpc) is 2.31. The Kier molecular flexibility index (Phi) is 4.79. The lowest BCUT2D eigenvalue weighted by molar-refractivity contribution is 0.242. The quantitative estimate of drug-likeness (QED) is 0.806. The van der Waals surface area contributed by atoms with Crippen molar-refractivity contribution in [2.75, 3.05) is 11.1 Å². The summed E-state index contributed by atoms with van der Waals surface area (Å²) in [5.74, 6) is 2.40. The largest absolute Gasteiger partial charge is 0.491 e. The molecular formula is C17H28N2O. The van der Waals surface area contributed by atoms with Gasteiger partial charge < -0.3 is 15.8 Å². The Hall–Kier alpha value is -1.38. The molecule has 1 aliphatic carbocycles. The fourth-order valence-electron chi connectivity index (χ4n) is 3.14. The molecule has 0 bridgehead atoms. The van der Waals surface area contributed by atoms with Crippen LogP contribution >= 0.6 is 0 Å². The van der Waals surface area contributed by atoms with Crippen molar-refractivity contribution in [1.29, 1.82) is 0 Å². The summed E-state index contributed by atoms with van der Waals surface area (Å²) in [5, 5.41) is 3.65. The number of nitrogen functional groups attached to an aromatic ring is 1. The van der Waals surface area contributed by atoms with Crippen LogP contribution in [0.25, 0.3) is 0 Å². The third-order valence-corrected chi connectivity index (χ3v) is 4.08. The maximum atomic E-state index is 5.98. The van der Waals surface area contributed by atoms with E-state index in [0.29, 0.717) is 12.0 Å². The number of nitrogens with one attached hydrogen (secondary N) is 1. The van der Waals surface area contributed by atoms with Gasteiger partial charge in [0.25, 0.3) is 0 Å². The molecule has 0 spiro atoms. The zero-order chi connectivity index (χ0) is 14.7. The van der Waals surface area contributed by atoms with Gasteiger partial charge in [-0.05, 0) is 51.0 Å². The highest BCUT2D eigenvalue weighted by Gasteiger charge is 2.25. The van der Waals surface area contributed by atoms with E-state index in [1.165, 1.54) is 19.3 Å². The van der Waals surface area contributed by atoms with Crippen LogP contribution in [0.4, 0.5) is 11.4 Å². The van der Waals surface area contributed by atoms with Gasteiger partial charge in [0.2, 0.25) is 0 Å². The highest BCUT2D eigenvalue weighted by atomic mass is 16.5. The molecule has 112 valence electrons. The summed E-state index contributed by atoms with van der Waals surface area (Å²) >= 11 is 0. The van der Waals surface area contributed by atoms with Gasteiger partial charge in [0.05, 0.1) is 6.10 Å². The molecule has 0 aromatic heterocycles. The van der Waals surface area contributed by atoms with E-state index >= 15 is 0 Å². The number of benzene rings is 1. The molecule has 2 rings (SSSR count). The summed E-state index contributed by atoms with van der Waals surface area (Å²) in [6.07, 6.45) is 4.01. The molecule has 1 aliphatic rings. The molecule has 1 saturated carbocycles. The maximum Gasteiger partial charge on any atom is 0.123 e. The fraction of sp³-hybridized carbons (Fsp3) is 0.647. The van der Waals surface area contributed by atoms with E-state index in [9.17, 15) is 0 Å². The third kappa shape index (κ3) is 4.06. The van der Waals surface area contributed by atoms with Gasteiger partial charge in [0, 0.05) is 29.5 Å². The summed E-state index contributed by atoms with van der Waals surface area (Å²) in [4.78, 5) is 0. The van der Waals surface area contributed by atoms with E-state index in [4.69, 9.17) is 10.5 Å². The van der Waals surface area contributed by atoms with Crippen LogP contribution in [0, 0.1) is 11.8 Å². The van der Waals surface area contributed by atoms with Crippen molar-refractivity contribution in [2.24, 2.45) is 11.8 Å². The van der Waals surface area contributed by atoms with Gasteiger partial charge in [-0.25, -0.2) is 0 Å². The van der Waals surface area contributed by atoms with Crippen LogP contribution in [0.3, 0.4) is 0 Å². The second kappa shape index (κ2) is 6.38. The number of nitrogens with two attached hydrogens (primary N) is 1. The van der Waals surface area contributed by atoms with Gasteiger partial charge >= 0.3 is 0 Å². The van der Waals surface area contributed by atoms with Crippen LogP contribution in [0.5, 0.6) is 5.75 Å². The Morgan fingerprint density at radius 2 is 1.95 bits per heavy atom. The number of rotatable bonds is 4. The van der Waals surface area contributed by atoms with Crippen molar-refractivity contribution in [1.82, 2.24) is 0 Å². The summed E-state index contributed by atoms with van der Waals surface area (Å²) in [5.41, 5.74) is 7.81. The molecule has 3 heteroatoms. The molecule has 1 aromatic rings. The van der Waals surface area contributed by atoms with Gasteiger partial charge in [0.15, 0.2) is 0 Å². The van der Waals surface area contributed by atoms with E-state index in [2.05, 4.69) is 25.2 Å². The zero-order valence-corrected chi connectivity index (χ0v) is 13.1. The number of anilines is 2. The van der Waals surface area contributed by atoms with Crippen molar-refractivity contribution in [3.63, 3.8) is 0 Å². The molecule has 0 heterocycles. The molecule has 3 atom stereocenters. The molecule has 3 unspecified atom stereocenters. The molecule has 0 aliphatic heterocycles. The normalized spacial score (nSPS) is 26.6. The van der Waals surface area contributed by atoms with Crippen molar-refractivity contribution >= 4 is 11.4 Å². The second-order valence-corrected chi connectivity index (χ2v) is 6.60. The van der Waals surface area contributed by atoms with E-state index in [0.717, 1.165) is 23.0 Å². The molecule has 3 N–H and O–H groups in total. The van der Waals surface area contributed by atoms with Crippen LogP contribution in [0.1, 0.15) is 47.0 Å². The predicted octanol–water partition coefficient (Wildman–Crippen LogP) is 4.29. The first kappa shape index (κ1) is 15.0. The molecule has 0 amide bonds. The van der Waals surface area contributed by atoms with E-state index in [-0.39, 0.29) is 6.10 Å². The Morgan fingerprint density at radius 1 is 1.20 bits per heavy atom. The fourth-order valence-corrected chi connectivity index (χ4v) is 3.14. The monoisotopic (exact) mass is 276 g/mol. The van der Waals surface area contributed by atoms with Gasteiger partial charge in [-0.1, -0.05) is 13.8 Å². The lowest BCUT2D eigenvalue weighted by Crippen LogP contribution is -2.33. The van der Waals surface area contributed by atoms with Crippen LogP contribution in [0.15, 0.2) is 18.2 Å². The highest BCUT2D eigenvalue weighted by Crippen LogP contribution is 2.32. The van der Waals surface area contributed by atoms with Crippen molar-refractivity contribution in [3.8, 4) is 5.75 Å². The Balaban J connectivity index is 2.07. The number of hydrogen-bond acceptors (Lipinski definition) is 3. The van der Waals surface area contributed by atoms with E-state index in [1.807, 2.05) is 26.0 Å². The highest BCUT2D eigenvalue weighted by molar-refractivity contribution is 5.59. The zero-order valence-electron chi connectivity index (χ0n) is 13.1. The third-order valence-electron chi connectivity index (χ3n) is 4.08. The molecule has 1 aromatic carbocycles. The van der Waals surface area contributed by atoms with Gasteiger partial charge in [0.1, 0.15) is 5.75 Å². The van der Waals surface area contributed by atoms with Gasteiger partial charge in [-0.3, -0.25) is 0 Å². The Bertz CT molecular complexity index is 445. The standard InChI is InChI=1S/C17H28N2O/c1-11(2)20-16-9-14(18)8-15(10-16)19-17-6-5-12(3)7-13(17)4/h8-13,17,19H,5-7,18H2,1-4H3. The van der Waals surface area contributed by atoms with E-state index in [1.54, 1.807) is 0 Å². The Labute approximate surface area is 122 Å². The maximum absolute atomic E-state index is 5.98. The first-order valence-electron chi connectivity index (χ1n) is 7.77. The van der Waals surface area contributed by atoms with Gasteiger partial charge in [-0.2, -0.15) is 0 Å². The SMILES string of the molecule is CC1CCC(Nc2cc(N)cc(OC(C)C)c2)C(C)C1. The van der Waals surface area contributed by atoms with Crippen LogP contribution in [0.2, 0.25) is 0 Å². The predicted molar refractivity (Wildman–Crippen MR) is 86.2 cm³/mol. The number of hydrogen-bond donors (Lipinski definition) is 2. The molecular weight excluding hydrogens is 248 g/mol. The number of ether oxygens (including phenoxy) is 1. The van der Waals surface area contributed by atoms with Crippen LogP contribution < -0.4 is 15.8 Å². The summed E-state index contributed by atoms with van der Waals surface area (Å²) in [7, 11) is 0. The minimum atomic E-state index is 0.166. The lowest BCUT2D eigenvalue weighted by atomic mass is 9.80. The summed E-state index contributed by atoms with van der Waals surface area (Å²) < 4.78 is 5.75. The second-order valence-electron chi connectivity index (χ2n) is 6.60. The molecule has 0 radical (unpaired) electrons. The van der Waals surface area contributed by atoms with Crippen LogP contribution in [-0.2, 0) is 0 Å². The first-order chi connectivity index (χ1) is 9.44. The lowest BCUT2D eigenvalue weighted by Gasteiger charge is -2.34. The van der Waals surface area contributed by atoms with Crippen molar-refractivity contribution in [3.05, 3.63) is 18.2 Å². The topological polar surface area (TPSA) is 47.3 Å². The minimum absolute atomic E-state index is 0.166. The van der Waals surface area contributed by atoms with Crippen molar-refractivity contribution < 1.29 is 4.74 Å². The van der Waals surface area contributed by atoms with Crippen molar-refractivity contribution in [2.45, 2.75) is 59.1 Å². The molecule has 1 fully saturated rings. The molecule has 20 heavy (non-hydrogen) atoms. The van der Waals surface area contributed by atoms with E-state index < -0.39 is 0 Å². The molecule has 3 nitrogen and oxygen atoms in total. The Morgan fingerprint density at radius 3 is 2.60 bits per heavy atom. The molecule has 0 saturated heterocycles. The van der Waals surface area contributed by atoms with Gasteiger partial charge in [-0.15, -0.1) is 0 Å². The summed E-state index contributed by atoms with van der Waals surface area (Å²) in [6.45, 7) is 8.74. The average molecular weight is 276 g/mol. The smallest absolute Gasteiger partial charge is 0.123 e.